The van der Waals surface area contributed by atoms with Crippen molar-refractivity contribution in [2.75, 3.05) is 13.1 Å². The minimum absolute atomic E-state index is 0.0196. The monoisotopic (exact) mass is 499 g/mol. The Morgan fingerprint density at radius 1 is 0.886 bits per heavy atom. The summed E-state index contributed by atoms with van der Waals surface area (Å²) in [5, 5.41) is 2.27. The minimum Gasteiger partial charge on any atom is -0.338 e. The summed E-state index contributed by atoms with van der Waals surface area (Å²) in [5.74, 6) is -1.57. The molecule has 2 heterocycles. The molecule has 2 aliphatic heterocycles. The molecule has 0 aromatic heterocycles. The largest absolute Gasteiger partial charge is 0.416 e. The van der Waals surface area contributed by atoms with E-state index in [1.807, 2.05) is 0 Å². The zero-order chi connectivity index (χ0) is 25.6. The number of halogens is 6. The highest BCUT2D eigenvalue weighted by Crippen LogP contribution is 2.38. The van der Waals surface area contributed by atoms with Gasteiger partial charge in [0.1, 0.15) is 5.54 Å². The summed E-state index contributed by atoms with van der Waals surface area (Å²) in [6.07, 6.45) is -10.2. The van der Waals surface area contributed by atoms with Gasteiger partial charge in [0, 0.05) is 25.2 Å². The van der Waals surface area contributed by atoms with Crippen LogP contribution in [0, 0.1) is 0 Å². The van der Waals surface area contributed by atoms with E-state index in [2.05, 4.69) is 5.32 Å². The number of amides is 4. The number of imide groups is 1. The molecule has 0 radical (unpaired) electrons. The fourth-order valence-electron chi connectivity index (χ4n) is 4.42. The zero-order valence-electron chi connectivity index (χ0n) is 18.0. The molecule has 0 unspecified atom stereocenters. The average molecular weight is 499 g/mol. The van der Waals surface area contributed by atoms with Crippen LogP contribution in [0.25, 0.3) is 0 Å². The number of hydrogen-bond acceptors (Lipinski definition) is 3. The SMILES string of the molecule is O=C(c1cc(C(F)(F)F)cc(C(F)(F)F)c1)N1CCC2(CC1)C(=O)NC(=O)N2Cc1ccccc1. The van der Waals surface area contributed by atoms with E-state index in [1.165, 1.54) is 4.90 Å². The first-order valence-corrected chi connectivity index (χ1v) is 10.6. The van der Waals surface area contributed by atoms with Crippen molar-refractivity contribution in [3.05, 3.63) is 70.8 Å². The molecule has 2 fully saturated rings. The Balaban J connectivity index is 1.57. The lowest BCUT2D eigenvalue weighted by atomic mass is 9.85. The number of urea groups is 1. The summed E-state index contributed by atoms with van der Waals surface area (Å²) in [7, 11) is 0. The highest BCUT2D eigenvalue weighted by Gasteiger charge is 2.54. The Bertz CT molecular complexity index is 1120. The summed E-state index contributed by atoms with van der Waals surface area (Å²) in [5.41, 5.74) is -4.43. The Labute approximate surface area is 195 Å². The predicted octanol–water partition coefficient (Wildman–Crippen LogP) is 4.45. The van der Waals surface area contributed by atoms with E-state index in [4.69, 9.17) is 0 Å². The zero-order valence-corrected chi connectivity index (χ0v) is 18.0. The third-order valence-electron chi connectivity index (χ3n) is 6.30. The van der Waals surface area contributed by atoms with Crippen molar-refractivity contribution in [2.24, 2.45) is 0 Å². The van der Waals surface area contributed by atoms with Gasteiger partial charge >= 0.3 is 18.4 Å². The van der Waals surface area contributed by atoms with Crippen LogP contribution in [-0.4, -0.2) is 46.3 Å². The third-order valence-corrected chi connectivity index (χ3v) is 6.30. The first kappa shape index (κ1) is 24.6. The summed E-state index contributed by atoms with van der Waals surface area (Å²) in [6.45, 7) is -0.153. The number of benzene rings is 2. The van der Waals surface area contributed by atoms with E-state index < -0.39 is 52.4 Å². The van der Waals surface area contributed by atoms with Crippen LogP contribution in [0.2, 0.25) is 0 Å². The molecule has 35 heavy (non-hydrogen) atoms. The van der Waals surface area contributed by atoms with Crippen molar-refractivity contribution in [1.29, 1.82) is 0 Å². The quantitative estimate of drug-likeness (QED) is 0.501. The topological polar surface area (TPSA) is 69.7 Å². The van der Waals surface area contributed by atoms with Gasteiger partial charge in [0.25, 0.3) is 11.8 Å². The molecular formula is C23H19F6N3O3. The molecule has 0 atom stereocenters. The molecule has 1 N–H and O–H groups in total. The van der Waals surface area contributed by atoms with Crippen LogP contribution in [0.4, 0.5) is 31.1 Å². The van der Waals surface area contributed by atoms with E-state index in [0.717, 1.165) is 10.5 Å². The summed E-state index contributed by atoms with van der Waals surface area (Å²) >= 11 is 0. The van der Waals surface area contributed by atoms with Crippen LogP contribution < -0.4 is 5.32 Å². The summed E-state index contributed by atoms with van der Waals surface area (Å²) in [4.78, 5) is 40.5. The van der Waals surface area contributed by atoms with Crippen LogP contribution >= 0.6 is 0 Å². The van der Waals surface area contributed by atoms with Gasteiger partial charge in [-0.1, -0.05) is 30.3 Å². The van der Waals surface area contributed by atoms with E-state index in [0.29, 0.717) is 12.1 Å². The van der Waals surface area contributed by atoms with Crippen molar-refractivity contribution in [3.8, 4) is 0 Å². The molecule has 186 valence electrons. The lowest BCUT2D eigenvalue weighted by Gasteiger charge is -2.42. The minimum atomic E-state index is -5.08. The van der Waals surface area contributed by atoms with Gasteiger partial charge < -0.3 is 9.80 Å². The van der Waals surface area contributed by atoms with E-state index in [9.17, 15) is 40.7 Å². The maximum atomic E-state index is 13.2. The summed E-state index contributed by atoms with van der Waals surface area (Å²) < 4.78 is 79.0. The fourth-order valence-corrected chi connectivity index (χ4v) is 4.42. The molecule has 6 nitrogen and oxygen atoms in total. The first-order chi connectivity index (χ1) is 16.3. The van der Waals surface area contributed by atoms with Gasteiger partial charge in [0.05, 0.1) is 11.1 Å². The number of rotatable bonds is 3. The number of carbonyl (C=O) groups is 3. The standard InChI is InChI=1S/C23H19F6N3O3/c24-22(25,26)16-10-15(11-17(12-16)23(27,28)29)18(33)31-8-6-21(7-9-31)19(34)30-20(35)32(21)13-14-4-2-1-3-5-14/h1-5,10-12H,6-9,13H2,(H,30,34,35). The number of piperidine rings is 1. The van der Waals surface area contributed by atoms with Crippen molar-refractivity contribution < 1.29 is 40.7 Å². The molecule has 1 spiro atoms. The van der Waals surface area contributed by atoms with Gasteiger partial charge in [0.15, 0.2) is 0 Å². The molecule has 0 bridgehead atoms. The van der Waals surface area contributed by atoms with E-state index in [1.54, 1.807) is 30.3 Å². The van der Waals surface area contributed by atoms with Crippen molar-refractivity contribution in [3.63, 3.8) is 0 Å². The van der Waals surface area contributed by atoms with Gasteiger partial charge in [-0.3, -0.25) is 14.9 Å². The number of alkyl halides is 6. The Kier molecular flexibility index (Phi) is 6.02. The van der Waals surface area contributed by atoms with Gasteiger partial charge in [-0.25, -0.2) is 4.79 Å². The maximum absolute atomic E-state index is 13.2. The lowest BCUT2D eigenvalue weighted by Crippen LogP contribution is -2.57. The fraction of sp³-hybridized carbons (Fsp3) is 0.348. The maximum Gasteiger partial charge on any atom is 0.416 e. The van der Waals surface area contributed by atoms with Crippen LogP contribution in [0.5, 0.6) is 0 Å². The number of nitrogens with one attached hydrogen (secondary N) is 1. The van der Waals surface area contributed by atoms with Gasteiger partial charge in [-0.05, 0) is 36.6 Å². The molecule has 2 aromatic carbocycles. The Morgan fingerprint density at radius 3 is 1.94 bits per heavy atom. The number of nitrogens with zero attached hydrogens (tertiary/aromatic N) is 2. The molecule has 2 aliphatic rings. The molecule has 4 amide bonds. The van der Waals surface area contributed by atoms with E-state index in [-0.39, 0.29) is 38.5 Å². The smallest absolute Gasteiger partial charge is 0.338 e. The molecule has 0 aliphatic carbocycles. The molecule has 4 rings (SSSR count). The van der Waals surface area contributed by atoms with Crippen LogP contribution in [-0.2, 0) is 23.7 Å². The first-order valence-electron chi connectivity index (χ1n) is 10.6. The van der Waals surface area contributed by atoms with Crippen molar-refractivity contribution in [2.45, 2.75) is 37.3 Å². The second-order valence-corrected chi connectivity index (χ2v) is 8.45. The Morgan fingerprint density at radius 2 is 1.43 bits per heavy atom. The van der Waals surface area contributed by atoms with Crippen LogP contribution in [0.1, 0.15) is 39.9 Å². The highest BCUT2D eigenvalue weighted by molar-refractivity contribution is 6.07. The third kappa shape index (κ3) is 4.69. The molecule has 2 aromatic rings. The number of likely N-dealkylation sites (tertiary alicyclic amines) is 1. The molecule has 2 saturated heterocycles. The normalized spacial score (nSPS) is 18.2. The second kappa shape index (κ2) is 8.58. The highest BCUT2D eigenvalue weighted by atomic mass is 19.4. The average Bonchev–Trinajstić information content (AvgIpc) is 3.02. The second-order valence-electron chi connectivity index (χ2n) is 8.45. The van der Waals surface area contributed by atoms with E-state index >= 15 is 0 Å². The van der Waals surface area contributed by atoms with Crippen molar-refractivity contribution in [1.82, 2.24) is 15.1 Å². The van der Waals surface area contributed by atoms with Gasteiger partial charge in [0.2, 0.25) is 0 Å². The molecule has 12 heteroatoms. The van der Waals surface area contributed by atoms with Crippen LogP contribution in [0.15, 0.2) is 48.5 Å². The van der Waals surface area contributed by atoms with Gasteiger partial charge in [-0.2, -0.15) is 26.3 Å². The molecular weight excluding hydrogens is 480 g/mol. The number of carbonyl (C=O) groups excluding carboxylic acids is 3. The lowest BCUT2D eigenvalue weighted by molar-refractivity contribution is -0.143. The van der Waals surface area contributed by atoms with Crippen LogP contribution in [0.3, 0.4) is 0 Å². The number of hydrogen-bond donors (Lipinski definition) is 1. The van der Waals surface area contributed by atoms with Gasteiger partial charge in [-0.15, -0.1) is 0 Å². The molecule has 0 saturated carbocycles. The summed E-state index contributed by atoms with van der Waals surface area (Å²) in [6, 6.07) is 8.99. The van der Waals surface area contributed by atoms with Crippen molar-refractivity contribution >= 4 is 17.8 Å². The predicted molar refractivity (Wildman–Crippen MR) is 110 cm³/mol. The Hall–Kier alpha value is -3.57.